The Morgan fingerprint density at radius 3 is 2.51 bits per heavy atom. The number of furan rings is 1. The molecule has 3 aromatic rings. The van der Waals surface area contributed by atoms with Gasteiger partial charge in [-0.25, -0.2) is 5.01 Å². The minimum absolute atomic E-state index is 0.330. The molecule has 2 aliphatic heterocycles. The van der Waals surface area contributed by atoms with Crippen molar-refractivity contribution in [2.45, 2.75) is 12.5 Å². The van der Waals surface area contributed by atoms with Gasteiger partial charge in [0.2, 0.25) is 0 Å². The molecule has 0 fully saturated rings. The molecule has 1 aromatic heterocycles. The summed E-state index contributed by atoms with van der Waals surface area (Å²) in [7, 11) is 0. The number of hydrogen-bond acceptors (Lipinski definition) is 6. The van der Waals surface area contributed by atoms with Crippen LogP contribution in [-0.4, -0.2) is 46.6 Å². The molecule has 2 amide bonds. The van der Waals surface area contributed by atoms with Crippen molar-refractivity contribution >= 4 is 40.8 Å². The first-order valence-corrected chi connectivity index (χ1v) is 11.2. The molecular formula is C26H20ClN3O5. The van der Waals surface area contributed by atoms with Crippen LogP contribution < -0.4 is 0 Å². The van der Waals surface area contributed by atoms with Crippen LogP contribution in [0.5, 0.6) is 0 Å². The SMILES string of the molecule is C=C1c2ccccc2C(=O)N1CC(=O)OCC(=O)N1N=C(c2ccc(Cl)cc2)CC1c1ccco1. The van der Waals surface area contributed by atoms with Crippen LogP contribution in [0.3, 0.4) is 0 Å². The first kappa shape index (κ1) is 22.6. The summed E-state index contributed by atoms with van der Waals surface area (Å²) in [5, 5.41) is 6.35. The molecule has 0 radical (unpaired) electrons. The Kier molecular flexibility index (Phi) is 5.96. The summed E-state index contributed by atoms with van der Waals surface area (Å²) < 4.78 is 10.7. The normalized spacial score (nSPS) is 16.9. The molecule has 1 atom stereocenters. The quantitative estimate of drug-likeness (QED) is 0.482. The molecule has 35 heavy (non-hydrogen) atoms. The van der Waals surface area contributed by atoms with Gasteiger partial charge in [-0.3, -0.25) is 19.3 Å². The summed E-state index contributed by atoms with van der Waals surface area (Å²) in [5.74, 6) is -1.01. The summed E-state index contributed by atoms with van der Waals surface area (Å²) in [4.78, 5) is 39.4. The maximum absolute atomic E-state index is 13.0. The van der Waals surface area contributed by atoms with Gasteiger partial charge in [-0.05, 0) is 35.9 Å². The van der Waals surface area contributed by atoms with Gasteiger partial charge in [0.05, 0.1) is 12.0 Å². The number of carbonyl (C=O) groups is 3. The van der Waals surface area contributed by atoms with Crippen LogP contribution in [0.15, 0.2) is 83.0 Å². The highest BCUT2D eigenvalue weighted by atomic mass is 35.5. The van der Waals surface area contributed by atoms with Gasteiger partial charge in [0.1, 0.15) is 18.3 Å². The van der Waals surface area contributed by atoms with E-state index in [0.717, 1.165) is 5.56 Å². The average molecular weight is 490 g/mol. The molecule has 3 heterocycles. The van der Waals surface area contributed by atoms with Crippen molar-refractivity contribution in [2.75, 3.05) is 13.2 Å². The summed E-state index contributed by atoms with van der Waals surface area (Å²) >= 11 is 5.99. The molecule has 0 aliphatic carbocycles. The van der Waals surface area contributed by atoms with Gasteiger partial charge < -0.3 is 9.15 Å². The Morgan fingerprint density at radius 2 is 1.83 bits per heavy atom. The molecule has 5 rings (SSSR count). The van der Waals surface area contributed by atoms with E-state index in [0.29, 0.717) is 39.7 Å². The van der Waals surface area contributed by atoms with Crippen LogP contribution >= 0.6 is 11.6 Å². The number of hydrogen-bond donors (Lipinski definition) is 0. The Morgan fingerprint density at radius 1 is 1.09 bits per heavy atom. The van der Waals surface area contributed by atoms with E-state index in [4.69, 9.17) is 20.8 Å². The number of benzene rings is 2. The molecule has 0 saturated heterocycles. The van der Waals surface area contributed by atoms with E-state index in [1.165, 1.54) is 16.2 Å². The van der Waals surface area contributed by atoms with Crippen LogP contribution in [0, 0.1) is 0 Å². The van der Waals surface area contributed by atoms with E-state index in [1.807, 2.05) is 12.1 Å². The Balaban J connectivity index is 1.26. The van der Waals surface area contributed by atoms with Gasteiger partial charge in [0, 0.05) is 28.3 Å². The third-order valence-corrected chi connectivity index (χ3v) is 6.15. The lowest BCUT2D eigenvalue weighted by molar-refractivity contribution is -0.153. The van der Waals surface area contributed by atoms with Crippen LogP contribution in [0.4, 0.5) is 0 Å². The molecule has 1 unspecified atom stereocenters. The highest BCUT2D eigenvalue weighted by Crippen LogP contribution is 2.34. The molecule has 8 nitrogen and oxygen atoms in total. The van der Waals surface area contributed by atoms with E-state index in [2.05, 4.69) is 11.7 Å². The summed E-state index contributed by atoms with van der Waals surface area (Å²) in [5.41, 5.74) is 3.07. The standard InChI is InChI=1S/C26H20ClN3O5/c1-16-19-5-2-3-6-20(19)26(33)29(16)14-25(32)35-15-24(31)30-22(23-7-4-12-34-23)13-21(28-30)17-8-10-18(27)11-9-17/h2-12,22H,1,13-15H2. The number of carbonyl (C=O) groups excluding carboxylic acids is 3. The number of hydrazone groups is 1. The van der Waals surface area contributed by atoms with Crippen LogP contribution in [-0.2, 0) is 14.3 Å². The molecule has 0 spiro atoms. The number of nitrogens with zero attached hydrogens (tertiary/aromatic N) is 3. The Hall–Kier alpha value is -4.17. The first-order chi connectivity index (χ1) is 16.9. The Bertz CT molecular complexity index is 1310. The van der Waals surface area contributed by atoms with Gasteiger partial charge >= 0.3 is 5.97 Å². The fourth-order valence-electron chi connectivity index (χ4n) is 4.14. The lowest BCUT2D eigenvalue weighted by atomic mass is 10.0. The number of amides is 2. The van der Waals surface area contributed by atoms with E-state index in [9.17, 15) is 14.4 Å². The second-order valence-electron chi connectivity index (χ2n) is 8.07. The van der Waals surface area contributed by atoms with Crippen molar-refractivity contribution in [2.24, 2.45) is 5.10 Å². The average Bonchev–Trinajstić information content (AvgIpc) is 3.60. The van der Waals surface area contributed by atoms with Crippen LogP contribution in [0.2, 0.25) is 5.02 Å². The zero-order valence-electron chi connectivity index (χ0n) is 18.5. The highest BCUT2D eigenvalue weighted by molar-refractivity contribution is 6.30. The van der Waals surface area contributed by atoms with Crippen molar-refractivity contribution in [3.05, 3.63) is 101 Å². The van der Waals surface area contributed by atoms with Crippen molar-refractivity contribution in [1.29, 1.82) is 0 Å². The van der Waals surface area contributed by atoms with E-state index < -0.39 is 24.5 Å². The maximum atomic E-state index is 13.0. The number of fused-ring (bicyclic) bond motifs is 1. The summed E-state index contributed by atoms with van der Waals surface area (Å²) in [6.45, 7) is 3.03. The van der Waals surface area contributed by atoms with Gasteiger partial charge in [-0.15, -0.1) is 0 Å². The third-order valence-electron chi connectivity index (χ3n) is 5.90. The fraction of sp³-hybridized carbons (Fsp3) is 0.154. The van der Waals surface area contributed by atoms with Crippen molar-refractivity contribution in [3.63, 3.8) is 0 Å². The topological polar surface area (TPSA) is 92.4 Å². The maximum Gasteiger partial charge on any atom is 0.326 e. The molecule has 0 N–H and O–H groups in total. The van der Waals surface area contributed by atoms with E-state index >= 15 is 0 Å². The van der Waals surface area contributed by atoms with Crippen molar-refractivity contribution < 1.29 is 23.5 Å². The zero-order chi connectivity index (χ0) is 24.5. The third kappa shape index (κ3) is 4.36. The molecular weight excluding hydrogens is 470 g/mol. The van der Waals surface area contributed by atoms with Gasteiger partial charge in [0.25, 0.3) is 11.8 Å². The highest BCUT2D eigenvalue weighted by Gasteiger charge is 2.36. The number of halogens is 1. The van der Waals surface area contributed by atoms with E-state index in [1.54, 1.807) is 48.5 Å². The van der Waals surface area contributed by atoms with Crippen molar-refractivity contribution in [1.82, 2.24) is 9.91 Å². The smallest absolute Gasteiger partial charge is 0.326 e. The minimum atomic E-state index is -0.726. The summed E-state index contributed by atoms with van der Waals surface area (Å²) in [6, 6.07) is 17.2. The summed E-state index contributed by atoms with van der Waals surface area (Å²) in [6.07, 6.45) is 1.95. The number of rotatable bonds is 6. The number of esters is 1. The molecule has 9 heteroatoms. The second-order valence-corrected chi connectivity index (χ2v) is 8.51. The predicted octanol–water partition coefficient (Wildman–Crippen LogP) is 4.28. The molecule has 2 aromatic carbocycles. The molecule has 176 valence electrons. The Labute approximate surface area is 206 Å². The lowest BCUT2D eigenvalue weighted by Crippen LogP contribution is -2.34. The van der Waals surface area contributed by atoms with Gasteiger partial charge in [-0.1, -0.05) is 48.5 Å². The largest absolute Gasteiger partial charge is 0.467 e. The molecule has 2 aliphatic rings. The minimum Gasteiger partial charge on any atom is -0.467 e. The first-order valence-electron chi connectivity index (χ1n) is 10.9. The fourth-order valence-corrected chi connectivity index (χ4v) is 4.27. The number of ether oxygens (including phenoxy) is 1. The lowest BCUT2D eigenvalue weighted by Gasteiger charge is -2.20. The van der Waals surface area contributed by atoms with Crippen LogP contribution in [0.1, 0.15) is 39.7 Å². The monoisotopic (exact) mass is 489 g/mol. The zero-order valence-corrected chi connectivity index (χ0v) is 19.3. The predicted molar refractivity (Wildman–Crippen MR) is 128 cm³/mol. The van der Waals surface area contributed by atoms with Crippen LogP contribution in [0.25, 0.3) is 5.70 Å². The van der Waals surface area contributed by atoms with Crippen molar-refractivity contribution in [3.8, 4) is 0 Å². The van der Waals surface area contributed by atoms with Gasteiger partial charge in [-0.2, -0.15) is 5.10 Å². The molecule has 0 saturated carbocycles. The second kappa shape index (κ2) is 9.23. The van der Waals surface area contributed by atoms with Gasteiger partial charge in [0.15, 0.2) is 6.61 Å². The molecule has 0 bridgehead atoms. The van der Waals surface area contributed by atoms with E-state index in [-0.39, 0.29) is 12.5 Å².